The average Bonchev–Trinajstić information content (AvgIpc) is 2.83. The Morgan fingerprint density at radius 1 is 1.19 bits per heavy atom. The Morgan fingerprint density at radius 3 is 2.57 bits per heavy atom. The predicted molar refractivity (Wildman–Crippen MR) is 89.8 cm³/mol. The summed E-state index contributed by atoms with van der Waals surface area (Å²) < 4.78 is 6.05. The van der Waals surface area contributed by atoms with Crippen molar-refractivity contribution in [2.24, 2.45) is 5.92 Å². The van der Waals surface area contributed by atoms with E-state index in [9.17, 15) is 0 Å². The van der Waals surface area contributed by atoms with Crippen LogP contribution in [0.3, 0.4) is 0 Å². The van der Waals surface area contributed by atoms with Gasteiger partial charge in [-0.25, -0.2) is 0 Å². The molecule has 1 heterocycles. The summed E-state index contributed by atoms with van der Waals surface area (Å²) in [5.74, 6) is 1.26. The maximum Gasteiger partial charge on any atom is 0.0586 e. The number of hydrogen-bond donors (Lipinski definition) is 1. The van der Waals surface area contributed by atoms with Gasteiger partial charge in [-0.1, -0.05) is 38.1 Å². The first kappa shape index (κ1) is 16.5. The Balaban J connectivity index is 2.01. The summed E-state index contributed by atoms with van der Waals surface area (Å²) in [5.41, 5.74) is 2.89. The fourth-order valence-electron chi connectivity index (χ4n) is 3.29. The van der Waals surface area contributed by atoms with E-state index >= 15 is 0 Å². The molecule has 0 radical (unpaired) electrons. The molecule has 1 aliphatic rings. The van der Waals surface area contributed by atoms with Gasteiger partial charge in [0, 0.05) is 6.54 Å². The van der Waals surface area contributed by atoms with Crippen molar-refractivity contribution in [3.05, 3.63) is 35.4 Å². The summed E-state index contributed by atoms with van der Waals surface area (Å²) in [6.07, 6.45) is 4.44. The second-order valence-corrected chi connectivity index (χ2v) is 6.99. The highest BCUT2D eigenvalue weighted by Gasteiger charge is 2.26. The average molecular weight is 289 g/mol. The molecule has 1 aromatic carbocycles. The van der Waals surface area contributed by atoms with Gasteiger partial charge >= 0.3 is 0 Å². The van der Waals surface area contributed by atoms with Crippen LogP contribution in [0.5, 0.6) is 0 Å². The predicted octanol–water partition coefficient (Wildman–Crippen LogP) is 4.28. The van der Waals surface area contributed by atoms with Gasteiger partial charge in [-0.15, -0.1) is 0 Å². The molecule has 0 aliphatic carbocycles. The Bertz CT molecular complexity index is 429. The highest BCUT2D eigenvalue weighted by molar-refractivity contribution is 5.29. The lowest BCUT2D eigenvalue weighted by Crippen LogP contribution is -2.28. The number of ether oxygens (including phenoxy) is 1. The summed E-state index contributed by atoms with van der Waals surface area (Å²) >= 11 is 0. The highest BCUT2D eigenvalue weighted by Crippen LogP contribution is 2.30. The fourth-order valence-corrected chi connectivity index (χ4v) is 3.29. The van der Waals surface area contributed by atoms with Crippen LogP contribution in [0, 0.1) is 12.8 Å². The van der Waals surface area contributed by atoms with Crippen molar-refractivity contribution < 1.29 is 4.74 Å². The van der Waals surface area contributed by atoms with Crippen molar-refractivity contribution in [3.8, 4) is 0 Å². The van der Waals surface area contributed by atoms with Crippen molar-refractivity contribution in [1.82, 2.24) is 5.32 Å². The van der Waals surface area contributed by atoms with Crippen molar-refractivity contribution in [3.63, 3.8) is 0 Å². The second kappa shape index (κ2) is 7.95. The van der Waals surface area contributed by atoms with Gasteiger partial charge in [-0.2, -0.15) is 0 Å². The summed E-state index contributed by atoms with van der Waals surface area (Å²) in [6.45, 7) is 11.1. The van der Waals surface area contributed by atoms with E-state index in [4.69, 9.17) is 4.74 Å². The second-order valence-electron chi connectivity index (χ2n) is 6.99. The van der Waals surface area contributed by atoms with Gasteiger partial charge in [0.1, 0.15) is 0 Å². The van der Waals surface area contributed by atoms with Crippen LogP contribution >= 0.6 is 0 Å². The molecule has 0 spiro atoms. The van der Waals surface area contributed by atoms with E-state index < -0.39 is 0 Å². The van der Waals surface area contributed by atoms with E-state index in [1.165, 1.54) is 24.0 Å². The van der Waals surface area contributed by atoms with Crippen LogP contribution in [0.15, 0.2) is 24.3 Å². The highest BCUT2D eigenvalue weighted by atomic mass is 16.5. The van der Waals surface area contributed by atoms with Gasteiger partial charge in [-0.05, 0) is 62.6 Å². The Kier molecular flexibility index (Phi) is 6.25. The number of rotatable bonds is 7. The molecule has 21 heavy (non-hydrogen) atoms. The molecule has 1 fully saturated rings. The minimum absolute atomic E-state index is 0.436. The third kappa shape index (κ3) is 5.12. The number of benzene rings is 1. The van der Waals surface area contributed by atoms with Crippen molar-refractivity contribution in [2.45, 2.75) is 65.1 Å². The zero-order valence-corrected chi connectivity index (χ0v) is 14.1. The van der Waals surface area contributed by atoms with E-state index in [2.05, 4.69) is 57.3 Å². The molecule has 0 amide bonds. The van der Waals surface area contributed by atoms with Crippen LogP contribution in [0.4, 0.5) is 0 Å². The number of nitrogens with one attached hydrogen (secondary N) is 1. The molecule has 3 atom stereocenters. The van der Waals surface area contributed by atoms with Crippen LogP contribution in [-0.2, 0) is 4.74 Å². The monoisotopic (exact) mass is 289 g/mol. The largest absolute Gasteiger partial charge is 0.375 e. The summed E-state index contributed by atoms with van der Waals surface area (Å²) in [6, 6.07) is 8.81. The Morgan fingerprint density at radius 2 is 1.95 bits per heavy atom. The summed E-state index contributed by atoms with van der Waals surface area (Å²) in [5, 5.41) is 3.64. The third-order valence-corrected chi connectivity index (χ3v) is 4.44. The van der Waals surface area contributed by atoms with Gasteiger partial charge in [0.05, 0.1) is 12.2 Å². The SMILES string of the molecule is Cc1ccccc1C(CNCC(C)C)CC1CCC(C)O1. The van der Waals surface area contributed by atoms with Crippen LogP contribution < -0.4 is 5.32 Å². The summed E-state index contributed by atoms with van der Waals surface area (Å²) in [4.78, 5) is 0. The molecule has 0 aromatic heterocycles. The first-order chi connectivity index (χ1) is 10.1. The van der Waals surface area contributed by atoms with Gasteiger partial charge < -0.3 is 10.1 Å². The van der Waals surface area contributed by atoms with E-state index in [0.717, 1.165) is 19.5 Å². The summed E-state index contributed by atoms with van der Waals surface area (Å²) in [7, 11) is 0. The van der Waals surface area contributed by atoms with Crippen LogP contribution in [-0.4, -0.2) is 25.3 Å². The molecule has 1 aromatic rings. The van der Waals surface area contributed by atoms with Gasteiger partial charge in [0.25, 0.3) is 0 Å². The molecular formula is C19H31NO. The van der Waals surface area contributed by atoms with E-state index in [0.29, 0.717) is 24.0 Å². The molecule has 2 heteroatoms. The minimum Gasteiger partial charge on any atom is -0.375 e. The lowest BCUT2D eigenvalue weighted by Gasteiger charge is -2.24. The third-order valence-electron chi connectivity index (χ3n) is 4.44. The maximum absolute atomic E-state index is 6.05. The molecule has 118 valence electrons. The quantitative estimate of drug-likeness (QED) is 0.809. The standard InChI is InChI=1S/C19H31NO/c1-14(2)12-20-13-17(11-18-10-9-16(4)21-18)19-8-6-5-7-15(19)3/h5-8,14,16-18,20H,9-13H2,1-4H3. The van der Waals surface area contributed by atoms with Crippen LogP contribution in [0.1, 0.15) is 57.1 Å². The smallest absolute Gasteiger partial charge is 0.0586 e. The van der Waals surface area contributed by atoms with Crippen molar-refractivity contribution in [2.75, 3.05) is 13.1 Å². The topological polar surface area (TPSA) is 21.3 Å². The van der Waals surface area contributed by atoms with Gasteiger partial charge in [-0.3, -0.25) is 0 Å². The van der Waals surface area contributed by atoms with Crippen LogP contribution in [0.2, 0.25) is 0 Å². The molecule has 2 nitrogen and oxygen atoms in total. The molecule has 0 saturated carbocycles. The van der Waals surface area contributed by atoms with E-state index in [-0.39, 0.29) is 0 Å². The Labute approximate surface area is 130 Å². The maximum atomic E-state index is 6.05. The molecular weight excluding hydrogens is 258 g/mol. The molecule has 1 saturated heterocycles. The molecule has 1 aliphatic heterocycles. The molecule has 3 unspecified atom stereocenters. The van der Waals surface area contributed by atoms with Crippen LogP contribution in [0.25, 0.3) is 0 Å². The zero-order valence-electron chi connectivity index (χ0n) is 14.1. The minimum atomic E-state index is 0.436. The molecule has 0 bridgehead atoms. The fraction of sp³-hybridized carbons (Fsp3) is 0.684. The van der Waals surface area contributed by atoms with E-state index in [1.54, 1.807) is 0 Å². The van der Waals surface area contributed by atoms with Crippen molar-refractivity contribution in [1.29, 1.82) is 0 Å². The first-order valence-corrected chi connectivity index (χ1v) is 8.48. The van der Waals surface area contributed by atoms with Crippen molar-refractivity contribution >= 4 is 0 Å². The number of hydrogen-bond acceptors (Lipinski definition) is 2. The lowest BCUT2D eigenvalue weighted by atomic mass is 9.89. The lowest BCUT2D eigenvalue weighted by molar-refractivity contribution is 0.0465. The first-order valence-electron chi connectivity index (χ1n) is 8.48. The van der Waals surface area contributed by atoms with Gasteiger partial charge in [0.2, 0.25) is 0 Å². The van der Waals surface area contributed by atoms with Gasteiger partial charge in [0.15, 0.2) is 0 Å². The number of aryl methyl sites for hydroxylation is 1. The van der Waals surface area contributed by atoms with E-state index in [1.807, 2.05) is 0 Å². The Hall–Kier alpha value is -0.860. The normalized spacial score (nSPS) is 23.7. The zero-order chi connectivity index (χ0) is 15.2. The molecule has 2 rings (SSSR count). The molecule has 1 N–H and O–H groups in total.